The fraction of sp³-hybridized carbons (Fsp3) is 0.357. The molecule has 0 bridgehead atoms. The van der Waals surface area contributed by atoms with Gasteiger partial charge in [0.1, 0.15) is 5.75 Å². The number of hydrogen-bond acceptors (Lipinski definition) is 5. The Kier molecular flexibility index (Phi) is 6.19. The number of carbonyl (C=O) groups excluding carboxylic acids is 3. The van der Waals surface area contributed by atoms with Gasteiger partial charge >= 0.3 is 5.97 Å². The first kappa shape index (κ1) is 16.5. The molecule has 0 heterocycles. The first-order valence-electron chi connectivity index (χ1n) is 6.34. The lowest BCUT2D eigenvalue weighted by Crippen LogP contribution is -2.43. The van der Waals surface area contributed by atoms with Crippen LogP contribution in [-0.2, 0) is 19.1 Å². The zero-order valence-corrected chi connectivity index (χ0v) is 12.1. The molecule has 1 rings (SSSR count). The molecule has 1 atom stereocenters. The van der Waals surface area contributed by atoms with E-state index in [0.717, 1.165) is 5.56 Å². The van der Waals surface area contributed by atoms with Crippen LogP contribution in [-0.4, -0.2) is 30.5 Å². The third-order valence-corrected chi connectivity index (χ3v) is 2.36. The lowest BCUT2D eigenvalue weighted by atomic mass is 10.2. The van der Waals surface area contributed by atoms with Crippen LogP contribution in [0.3, 0.4) is 0 Å². The van der Waals surface area contributed by atoms with Gasteiger partial charge in [-0.25, -0.2) is 4.79 Å². The third kappa shape index (κ3) is 6.42. The van der Waals surface area contributed by atoms with Crippen LogP contribution in [0.25, 0.3) is 0 Å². The van der Waals surface area contributed by atoms with Gasteiger partial charge in [-0.1, -0.05) is 12.1 Å². The Morgan fingerprint density at radius 2 is 1.95 bits per heavy atom. The van der Waals surface area contributed by atoms with Gasteiger partial charge in [-0.2, -0.15) is 0 Å². The number of esters is 1. The molecule has 1 aromatic carbocycles. The molecule has 0 aromatic heterocycles. The first-order valence-corrected chi connectivity index (χ1v) is 6.34. The van der Waals surface area contributed by atoms with Crippen molar-refractivity contribution in [2.45, 2.75) is 26.9 Å². The average Bonchev–Trinajstić information content (AvgIpc) is 2.42. The molecule has 0 aliphatic carbocycles. The molecular weight excluding hydrogens is 276 g/mol. The van der Waals surface area contributed by atoms with Gasteiger partial charge in [0.05, 0.1) is 0 Å². The van der Waals surface area contributed by atoms with Gasteiger partial charge in [0, 0.05) is 6.92 Å². The minimum absolute atomic E-state index is 0.425. The number of hydrazine groups is 1. The van der Waals surface area contributed by atoms with Gasteiger partial charge in [0.25, 0.3) is 5.91 Å². The minimum atomic E-state index is -0.847. The summed E-state index contributed by atoms with van der Waals surface area (Å²) in [6.07, 6.45) is -0.847. The van der Waals surface area contributed by atoms with E-state index < -0.39 is 30.5 Å². The Morgan fingerprint density at radius 1 is 1.24 bits per heavy atom. The van der Waals surface area contributed by atoms with Crippen LogP contribution in [0, 0.1) is 6.92 Å². The Hall–Kier alpha value is -2.57. The van der Waals surface area contributed by atoms with Crippen molar-refractivity contribution >= 4 is 17.8 Å². The molecule has 0 unspecified atom stereocenters. The van der Waals surface area contributed by atoms with E-state index in [-0.39, 0.29) is 0 Å². The van der Waals surface area contributed by atoms with E-state index in [1.807, 2.05) is 19.1 Å². The largest absolute Gasteiger partial charge is 0.479 e. The van der Waals surface area contributed by atoms with E-state index in [9.17, 15) is 14.4 Å². The molecule has 7 heteroatoms. The highest BCUT2D eigenvalue weighted by Gasteiger charge is 2.17. The standard InChI is InChI=1S/C14H18N2O5/c1-9-5-4-6-12(7-9)21-10(2)14(19)20-8-13(18)16-15-11(3)17/h4-7,10H,8H2,1-3H3,(H,15,17)(H,16,18)/t10-/m1/s1. The van der Waals surface area contributed by atoms with Crippen LogP contribution in [0.5, 0.6) is 5.75 Å². The molecule has 0 aliphatic rings. The summed E-state index contributed by atoms with van der Waals surface area (Å²) in [5.41, 5.74) is 5.16. The van der Waals surface area contributed by atoms with Crippen molar-refractivity contribution in [2.24, 2.45) is 0 Å². The van der Waals surface area contributed by atoms with E-state index in [1.54, 1.807) is 12.1 Å². The fourth-order valence-corrected chi connectivity index (χ4v) is 1.39. The predicted molar refractivity (Wildman–Crippen MR) is 74.2 cm³/mol. The van der Waals surface area contributed by atoms with Crippen LogP contribution in [0.4, 0.5) is 0 Å². The number of carbonyl (C=O) groups is 3. The monoisotopic (exact) mass is 294 g/mol. The van der Waals surface area contributed by atoms with E-state index in [1.165, 1.54) is 13.8 Å². The number of nitrogens with one attached hydrogen (secondary N) is 2. The predicted octanol–water partition coefficient (Wildman–Crippen LogP) is 0.473. The zero-order valence-electron chi connectivity index (χ0n) is 12.1. The second-order valence-corrected chi connectivity index (χ2v) is 4.41. The van der Waals surface area contributed by atoms with Crippen molar-refractivity contribution in [1.29, 1.82) is 0 Å². The highest BCUT2D eigenvalue weighted by atomic mass is 16.6. The van der Waals surface area contributed by atoms with Crippen molar-refractivity contribution in [3.05, 3.63) is 29.8 Å². The number of rotatable bonds is 5. The summed E-state index contributed by atoms with van der Waals surface area (Å²) in [5, 5.41) is 0. The maximum absolute atomic E-state index is 11.7. The SMILES string of the molecule is CC(=O)NNC(=O)COC(=O)[C@@H](C)Oc1cccc(C)c1. The highest BCUT2D eigenvalue weighted by molar-refractivity contribution is 5.84. The zero-order chi connectivity index (χ0) is 15.8. The van der Waals surface area contributed by atoms with Gasteiger partial charge in [-0.15, -0.1) is 0 Å². The normalized spacial score (nSPS) is 11.2. The van der Waals surface area contributed by atoms with Crippen molar-refractivity contribution in [1.82, 2.24) is 10.9 Å². The topological polar surface area (TPSA) is 93.7 Å². The number of benzene rings is 1. The van der Waals surface area contributed by atoms with E-state index in [2.05, 4.69) is 10.9 Å². The smallest absolute Gasteiger partial charge is 0.347 e. The molecule has 0 saturated carbocycles. The van der Waals surface area contributed by atoms with Crippen LogP contribution in [0.15, 0.2) is 24.3 Å². The summed E-state index contributed by atoms with van der Waals surface area (Å²) in [4.78, 5) is 33.5. The Labute approximate surface area is 122 Å². The highest BCUT2D eigenvalue weighted by Crippen LogP contribution is 2.14. The van der Waals surface area contributed by atoms with E-state index >= 15 is 0 Å². The van der Waals surface area contributed by atoms with E-state index in [0.29, 0.717) is 5.75 Å². The second-order valence-electron chi connectivity index (χ2n) is 4.41. The Balaban J connectivity index is 2.37. The second kappa shape index (κ2) is 7.88. The minimum Gasteiger partial charge on any atom is -0.479 e. The number of ether oxygens (including phenoxy) is 2. The molecule has 7 nitrogen and oxygen atoms in total. The molecule has 2 amide bonds. The lowest BCUT2D eigenvalue weighted by molar-refractivity contribution is -0.155. The molecule has 21 heavy (non-hydrogen) atoms. The lowest BCUT2D eigenvalue weighted by Gasteiger charge is -2.14. The third-order valence-electron chi connectivity index (χ3n) is 2.36. The van der Waals surface area contributed by atoms with Crippen molar-refractivity contribution in [2.75, 3.05) is 6.61 Å². The maximum atomic E-state index is 11.7. The van der Waals surface area contributed by atoms with Crippen LogP contribution >= 0.6 is 0 Å². The van der Waals surface area contributed by atoms with Crippen LogP contribution in [0.1, 0.15) is 19.4 Å². The Morgan fingerprint density at radius 3 is 2.57 bits per heavy atom. The Bertz CT molecular complexity index is 530. The summed E-state index contributed by atoms with van der Waals surface area (Å²) in [5.74, 6) is -1.19. The van der Waals surface area contributed by atoms with Gasteiger partial charge in [-0.3, -0.25) is 20.4 Å². The first-order chi connectivity index (χ1) is 9.88. The van der Waals surface area contributed by atoms with Gasteiger partial charge in [-0.05, 0) is 31.5 Å². The average molecular weight is 294 g/mol. The summed E-state index contributed by atoms with van der Waals surface area (Å²) >= 11 is 0. The summed E-state index contributed by atoms with van der Waals surface area (Å²) in [7, 11) is 0. The van der Waals surface area contributed by atoms with Gasteiger partial charge in [0.2, 0.25) is 5.91 Å². The molecule has 0 saturated heterocycles. The number of aryl methyl sites for hydroxylation is 1. The molecule has 0 aliphatic heterocycles. The maximum Gasteiger partial charge on any atom is 0.347 e. The van der Waals surface area contributed by atoms with Crippen LogP contribution in [0.2, 0.25) is 0 Å². The summed E-state index contributed by atoms with van der Waals surface area (Å²) < 4.78 is 10.2. The van der Waals surface area contributed by atoms with Crippen molar-refractivity contribution in [3.63, 3.8) is 0 Å². The molecule has 2 N–H and O–H groups in total. The molecule has 0 spiro atoms. The van der Waals surface area contributed by atoms with Gasteiger partial charge < -0.3 is 9.47 Å². The molecule has 1 aromatic rings. The summed E-state index contributed by atoms with van der Waals surface area (Å²) in [6, 6.07) is 7.22. The van der Waals surface area contributed by atoms with E-state index in [4.69, 9.17) is 9.47 Å². The quantitative estimate of drug-likeness (QED) is 0.608. The van der Waals surface area contributed by atoms with Crippen molar-refractivity contribution < 1.29 is 23.9 Å². The molecule has 0 radical (unpaired) electrons. The van der Waals surface area contributed by atoms with Crippen LogP contribution < -0.4 is 15.6 Å². The molecular formula is C14H18N2O5. The number of hydrogen-bond donors (Lipinski definition) is 2. The van der Waals surface area contributed by atoms with Gasteiger partial charge in [0.15, 0.2) is 12.7 Å². The van der Waals surface area contributed by atoms with Crippen molar-refractivity contribution in [3.8, 4) is 5.75 Å². The molecule has 114 valence electrons. The molecule has 0 fully saturated rings. The summed E-state index contributed by atoms with van der Waals surface area (Å²) in [6.45, 7) is 4.17. The number of amides is 2. The fourth-order valence-electron chi connectivity index (χ4n) is 1.39.